The van der Waals surface area contributed by atoms with Gasteiger partial charge in [-0.15, -0.1) is 0 Å². The molecule has 2 amide bonds. The number of carbonyl (C=O) groups is 4. The maximum Gasteiger partial charge on any atom is 0.407 e. The third-order valence-corrected chi connectivity index (χ3v) is 11.0. The fourth-order valence-electron chi connectivity index (χ4n) is 7.66. The molecule has 0 heterocycles. The van der Waals surface area contributed by atoms with Crippen LogP contribution in [0.15, 0.2) is 49.1 Å². The molecule has 0 aliphatic heterocycles. The zero-order valence-corrected chi connectivity index (χ0v) is 34.5. The van der Waals surface area contributed by atoms with E-state index in [1.807, 2.05) is 0 Å². The van der Waals surface area contributed by atoms with Crippen molar-refractivity contribution in [2.24, 2.45) is 23.7 Å². The predicted octanol–water partition coefficient (Wildman–Crippen LogP) is 7.43. The summed E-state index contributed by atoms with van der Waals surface area (Å²) in [5.74, 6) is 22.9. The van der Waals surface area contributed by atoms with Crippen LogP contribution in [-0.4, -0.2) is 68.7 Å². The molecule has 1 atom stereocenters. The maximum atomic E-state index is 13.0. The molecule has 314 valence electrons. The first kappa shape index (κ1) is 45.9. The van der Waals surface area contributed by atoms with Crippen molar-refractivity contribution in [3.05, 3.63) is 54.6 Å². The van der Waals surface area contributed by atoms with E-state index in [4.69, 9.17) is 23.7 Å². The van der Waals surface area contributed by atoms with Gasteiger partial charge in [0, 0.05) is 29.3 Å². The largest absolute Gasteiger partial charge is 0.490 e. The summed E-state index contributed by atoms with van der Waals surface area (Å²) in [6.07, 6.45) is 12.3. The third kappa shape index (κ3) is 18.1. The molecular formula is C48H58N2O9. The molecule has 0 bridgehead atoms. The van der Waals surface area contributed by atoms with Gasteiger partial charge in [0.2, 0.25) is 0 Å². The quantitative estimate of drug-likeness (QED) is 0.0756. The monoisotopic (exact) mass is 806 g/mol. The van der Waals surface area contributed by atoms with Gasteiger partial charge in [-0.25, -0.2) is 19.2 Å². The Morgan fingerprint density at radius 2 is 1.22 bits per heavy atom. The lowest BCUT2D eigenvalue weighted by atomic mass is 9.76. The summed E-state index contributed by atoms with van der Waals surface area (Å²) in [6.45, 7) is 10.9. The zero-order valence-electron chi connectivity index (χ0n) is 34.5. The fraction of sp³-hybridized carbons (Fsp3) is 0.542. The molecule has 1 aromatic rings. The number of alkyl carbamates (subject to hydrolysis) is 2. The highest BCUT2D eigenvalue weighted by Gasteiger charge is 2.30. The first-order chi connectivity index (χ1) is 28.6. The fourth-order valence-corrected chi connectivity index (χ4v) is 7.66. The first-order valence-corrected chi connectivity index (χ1v) is 20.8. The lowest BCUT2D eigenvalue weighted by molar-refractivity contribution is -0.142. The Balaban J connectivity index is 1.11. The van der Waals surface area contributed by atoms with E-state index in [0.717, 1.165) is 89.0 Å². The van der Waals surface area contributed by atoms with Gasteiger partial charge in [-0.05, 0) is 181 Å². The number of hydrogen-bond donors (Lipinski definition) is 2. The van der Waals surface area contributed by atoms with E-state index in [-0.39, 0.29) is 42.9 Å². The molecule has 1 aromatic carbocycles. The van der Waals surface area contributed by atoms with Crippen molar-refractivity contribution in [3.8, 4) is 53.1 Å². The van der Waals surface area contributed by atoms with Crippen LogP contribution in [-0.2, 0) is 28.5 Å². The SMILES string of the molecule is C=CC(=O)OCC1CCC(COC(=O)NC2CCC(CC3CCC(NC(=O)OC(COC(=O)C(=C)C)COc4ccc(C#CC#CC#CC#CC)cc4)CC3)CC2)CC1. The summed E-state index contributed by atoms with van der Waals surface area (Å²) >= 11 is 0. The molecule has 3 fully saturated rings. The van der Waals surface area contributed by atoms with Crippen LogP contribution in [0.25, 0.3) is 0 Å². The molecular weight excluding hydrogens is 749 g/mol. The summed E-state index contributed by atoms with van der Waals surface area (Å²) in [6, 6.07) is 7.19. The van der Waals surface area contributed by atoms with E-state index in [0.29, 0.717) is 42.6 Å². The van der Waals surface area contributed by atoms with Gasteiger partial charge in [0.05, 0.1) is 13.2 Å². The number of esters is 2. The van der Waals surface area contributed by atoms with Gasteiger partial charge in [-0.1, -0.05) is 25.0 Å². The van der Waals surface area contributed by atoms with Crippen LogP contribution in [0.2, 0.25) is 0 Å². The molecule has 4 rings (SSSR count). The van der Waals surface area contributed by atoms with Crippen LogP contribution in [0.5, 0.6) is 5.75 Å². The number of benzene rings is 1. The average molecular weight is 807 g/mol. The van der Waals surface area contributed by atoms with Crippen LogP contribution in [0.3, 0.4) is 0 Å². The third-order valence-electron chi connectivity index (χ3n) is 11.0. The maximum absolute atomic E-state index is 13.0. The standard InChI is InChI=1S/C48H58N2O9/c1-5-7-8-9-10-11-12-13-36-22-28-43(29-23-36)55-33-44(34-57-46(52)35(3)4)59-48(54)50-42-26-20-38(21-27-42)30-37-18-24-41(25-19-37)49-47(53)58-32-40-16-14-39(15-17-40)31-56-45(51)6-2/h6,22-23,28-29,37-42,44H,2-3,14-21,24-27,30-34H2,1,4H3,(H,49,53)(H,50,54). The predicted molar refractivity (Wildman–Crippen MR) is 224 cm³/mol. The van der Waals surface area contributed by atoms with Crippen molar-refractivity contribution in [2.45, 2.75) is 116 Å². The average Bonchev–Trinajstić information content (AvgIpc) is 3.24. The summed E-state index contributed by atoms with van der Waals surface area (Å²) < 4.78 is 27.7. The molecule has 0 radical (unpaired) electrons. The molecule has 59 heavy (non-hydrogen) atoms. The van der Waals surface area contributed by atoms with Crippen molar-refractivity contribution < 1.29 is 42.9 Å². The van der Waals surface area contributed by atoms with Crippen molar-refractivity contribution in [2.75, 3.05) is 26.4 Å². The Labute approximate surface area is 350 Å². The van der Waals surface area contributed by atoms with E-state index in [1.165, 1.54) is 6.08 Å². The number of hydrogen-bond acceptors (Lipinski definition) is 9. The minimum Gasteiger partial charge on any atom is -0.490 e. The summed E-state index contributed by atoms with van der Waals surface area (Å²) in [5, 5.41) is 6.10. The molecule has 3 aliphatic rings. The van der Waals surface area contributed by atoms with Crippen molar-refractivity contribution in [3.63, 3.8) is 0 Å². The molecule has 11 nitrogen and oxygen atoms in total. The molecule has 0 spiro atoms. The second-order valence-corrected chi connectivity index (χ2v) is 15.6. The van der Waals surface area contributed by atoms with E-state index in [1.54, 1.807) is 38.1 Å². The summed E-state index contributed by atoms with van der Waals surface area (Å²) in [5.41, 5.74) is 0.978. The van der Waals surface area contributed by atoms with Gasteiger partial charge in [0.25, 0.3) is 0 Å². The van der Waals surface area contributed by atoms with Crippen LogP contribution >= 0.6 is 0 Å². The Hall–Kier alpha value is -5.78. The van der Waals surface area contributed by atoms with E-state index in [9.17, 15) is 19.2 Å². The number of amides is 2. The lowest BCUT2D eigenvalue weighted by Crippen LogP contribution is -2.42. The summed E-state index contributed by atoms with van der Waals surface area (Å²) in [7, 11) is 0. The van der Waals surface area contributed by atoms with Crippen molar-refractivity contribution in [1.29, 1.82) is 0 Å². The van der Waals surface area contributed by atoms with E-state index < -0.39 is 18.2 Å². The Morgan fingerprint density at radius 3 is 1.78 bits per heavy atom. The van der Waals surface area contributed by atoms with Gasteiger partial charge in [0.1, 0.15) is 19.0 Å². The zero-order chi connectivity index (χ0) is 42.2. The number of nitrogens with one attached hydrogen (secondary N) is 2. The molecule has 3 saturated carbocycles. The number of carbonyl (C=O) groups excluding carboxylic acids is 4. The minimum atomic E-state index is -0.845. The Bertz CT molecular complexity index is 1840. The van der Waals surface area contributed by atoms with Gasteiger partial charge in [-0.3, -0.25) is 0 Å². The topological polar surface area (TPSA) is 138 Å². The molecule has 3 aliphatic carbocycles. The highest BCUT2D eigenvalue weighted by molar-refractivity contribution is 5.87. The van der Waals surface area contributed by atoms with Crippen LogP contribution in [0.1, 0.15) is 103 Å². The highest BCUT2D eigenvalue weighted by Crippen LogP contribution is 2.36. The van der Waals surface area contributed by atoms with Crippen LogP contribution in [0, 0.1) is 71.0 Å². The molecule has 0 aromatic heterocycles. The normalized spacial score (nSPS) is 22.4. The van der Waals surface area contributed by atoms with Gasteiger partial charge < -0.3 is 34.3 Å². The Morgan fingerprint density at radius 1 is 0.695 bits per heavy atom. The van der Waals surface area contributed by atoms with Crippen molar-refractivity contribution in [1.82, 2.24) is 10.6 Å². The smallest absolute Gasteiger partial charge is 0.407 e. The molecule has 2 N–H and O–H groups in total. The van der Waals surface area contributed by atoms with Gasteiger partial charge in [-0.2, -0.15) is 0 Å². The van der Waals surface area contributed by atoms with Gasteiger partial charge in [0.15, 0.2) is 6.10 Å². The van der Waals surface area contributed by atoms with Crippen LogP contribution < -0.4 is 15.4 Å². The Kier molecular flexibility index (Phi) is 19.9. The number of rotatable bonds is 16. The second kappa shape index (κ2) is 25.6. The second-order valence-electron chi connectivity index (χ2n) is 15.6. The highest BCUT2D eigenvalue weighted by atomic mass is 16.6. The van der Waals surface area contributed by atoms with E-state index >= 15 is 0 Å². The van der Waals surface area contributed by atoms with E-state index in [2.05, 4.69) is 71.2 Å². The van der Waals surface area contributed by atoms with Crippen LogP contribution in [0.4, 0.5) is 9.59 Å². The molecule has 1 unspecified atom stereocenters. The summed E-state index contributed by atoms with van der Waals surface area (Å²) in [4.78, 5) is 49.0. The van der Waals surface area contributed by atoms with Gasteiger partial charge >= 0.3 is 24.1 Å². The minimum absolute atomic E-state index is 0.00305. The first-order valence-electron chi connectivity index (χ1n) is 20.8. The number of ether oxygens (including phenoxy) is 5. The molecule has 0 saturated heterocycles. The van der Waals surface area contributed by atoms with Crippen molar-refractivity contribution >= 4 is 24.1 Å². The lowest BCUT2D eigenvalue weighted by Gasteiger charge is -2.34. The molecule has 11 heteroatoms.